The van der Waals surface area contributed by atoms with Crippen molar-refractivity contribution in [1.29, 1.82) is 0 Å². The van der Waals surface area contributed by atoms with Gasteiger partial charge in [0.2, 0.25) is 5.91 Å². The molecule has 0 aromatic heterocycles. The summed E-state index contributed by atoms with van der Waals surface area (Å²) in [7, 11) is 0. The van der Waals surface area contributed by atoms with Crippen LogP contribution in [-0.4, -0.2) is 59.0 Å². The normalized spacial score (nSPS) is 24.7. The van der Waals surface area contributed by atoms with Gasteiger partial charge in [0.25, 0.3) is 5.91 Å². The smallest absolute Gasteiger partial charge is 0.254 e. The van der Waals surface area contributed by atoms with Crippen molar-refractivity contribution in [2.45, 2.75) is 38.1 Å². The summed E-state index contributed by atoms with van der Waals surface area (Å²) < 4.78 is 0. The van der Waals surface area contributed by atoms with Crippen LogP contribution in [0.3, 0.4) is 0 Å². The van der Waals surface area contributed by atoms with Crippen LogP contribution in [-0.2, 0) is 4.79 Å². The lowest BCUT2D eigenvalue weighted by atomic mass is 9.76. The molecular formula is C22H28N2O3. The molecule has 0 radical (unpaired) electrons. The van der Waals surface area contributed by atoms with Crippen LogP contribution in [0.5, 0.6) is 0 Å². The van der Waals surface area contributed by atoms with Gasteiger partial charge < -0.3 is 14.9 Å². The molecule has 27 heavy (non-hydrogen) atoms. The zero-order chi connectivity index (χ0) is 18.9. The molecule has 2 heterocycles. The van der Waals surface area contributed by atoms with Crippen molar-refractivity contribution in [1.82, 2.24) is 9.80 Å². The summed E-state index contributed by atoms with van der Waals surface area (Å²) in [6, 6.07) is 9.18. The highest BCUT2D eigenvalue weighted by molar-refractivity contribution is 5.94. The van der Waals surface area contributed by atoms with E-state index < -0.39 is 0 Å². The molecule has 2 saturated heterocycles. The lowest BCUT2D eigenvalue weighted by molar-refractivity contribution is -0.137. The van der Waals surface area contributed by atoms with Gasteiger partial charge in [-0.2, -0.15) is 0 Å². The number of piperidine rings is 1. The van der Waals surface area contributed by atoms with Gasteiger partial charge in [-0.1, -0.05) is 30.4 Å². The lowest BCUT2D eigenvalue weighted by Gasteiger charge is -2.40. The highest BCUT2D eigenvalue weighted by Crippen LogP contribution is 2.44. The van der Waals surface area contributed by atoms with Crippen LogP contribution >= 0.6 is 0 Å². The van der Waals surface area contributed by atoms with Crippen LogP contribution < -0.4 is 0 Å². The molecule has 144 valence electrons. The molecule has 4 rings (SSSR count). The Morgan fingerprint density at radius 1 is 1.07 bits per heavy atom. The number of carbonyl (C=O) groups is 2. The van der Waals surface area contributed by atoms with Gasteiger partial charge in [0.05, 0.1) is 12.6 Å². The molecule has 1 unspecified atom stereocenters. The fourth-order valence-electron chi connectivity index (χ4n) is 4.95. The van der Waals surface area contributed by atoms with E-state index in [9.17, 15) is 14.7 Å². The quantitative estimate of drug-likeness (QED) is 0.834. The van der Waals surface area contributed by atoms with E-state index in [1.165, 1.54) is 0 Å². The number of amides is 2. The predicted octanol–water partition coefficient (Wildman–Crippen LogP) is 2.47. The number of aliphatic hydroxyl groups is 1. The predicted molar refractivity (Wildman–Crippen MR) is 103 cm³/mol. The highest BCUT2D eigenvalue weighted by atomic mass is 16.3. The minimum absolute atomic E-state index is 0.00191. The van der Waals surface area contributed by atoms with Gasteiger partial charge in [-0.3, -0.25) is 9.59 Å². The van der Waals surface area contributed by atoms with Crippen molar-refractivity contribution in [2.24, 2.45) is 11.3 Å². The summed E-state index contributed by atoms with van der Waals surface area (Å²) in [5, 5.41) is 9.86. The van der Waals surface area contributed by atoms with E-state index in [1.54, 1.807) is 0 Å². The zero-order valence-corrected chi connectivity index (χ0v) is 15.7. The number of likely N-dealkylation sites (tertiary alicyclic amines) is 2. The Labute approximate surface area is 160 Å². The molecule has 0 bridgehead atoms. The molecule has 2 aliphatic heterocycles. The molecule has 1 spiro atoms. The van der Waals surface area contributed by atoms with Crippen LogP contribution in [0.4, 0.5) is 0 Å². The standard InChI is InChI=1S/C22H28N2O3/c25-15-19-14-22(16-24(19)21(27)18-6-2-1-3-7-18)10-12-23(13-11-22)20(26)17-8-4-5-9-17/h1-7,17,19,25H,8-16H2. The van der Waals surface area contributed by atoms with E-state index in [2.05, 4.69) is 12.2 Å². The Balaban J connectivity index is 1.41. The van der Waals surface area contributed by atoms with E-state index in [4.69, 9.17) is 0 Å². The Kier molecular flexibility index (Phi) is 5.04. The number of hydrogen-bond donors (Lipinski definition) is 1. The van der Waals surface area contributed by atoms with Crippen molar-refractivity contribution in [3.05, 3.63) is 48.0 Å². The Bertz CT molecular complexity index is 714. The molecule has 1 aromatic carbocycles. The van der Waals surface area contributed by atoms with E-state index in [1.807, 2.05) is 40.1 Å². The van der Waals surface area contributed by atoms with Crippen molar-refractivity contribution in [2.75, 3.05) is 26.2 Å². The second-order valence-electron chi connectivity index (χ2n) is 8.30. The SMILES string of the molecule is O=C(C1CC=CC1)N1CCC2(CC1)CC(CO)N(C(=O)c1ccccc1)C2. The maximum atomic E-state index is 12.9. The van der Waals surface area contributed by atoms with Gasteiger partial charge in [-0.25, -0.2) is 0 Å². The van der Waals surface area contributed by atoms with Gasteiger partial charge in [0.1, 0.15) is 0 Å². The Morgan fingerprint density at radius 3 is 2.37 bits per heavy atom. The number of carbonyl (C=O) groups excluding carboxylic acids is 2. The Hall–Kier alpha value is -2.14. The van der Waals surface area contributed by atoms with Gasteiger partial charge in [0, 0.05) is 31.1 Å². The van der Waals surface area contributed by atoms with Crippen molar-refractivity contribution in [3.8, 4) is 0 Å². The molecule has 2 fully saturated rings. The van der Waals surface area contributed by atoms with E-state index >= 15 is 0 Å². The zero-order valence-electron chi connectivity index (χ0n) is 15.7. The van der Waals surface area contributed by atoms with Crippen LogP contribution in [0.25, 0.3) is 0 Å². The summed E-state index contributed by atoms with van der Waals surface area (Å²) in [5.74, 6) is 0.412. The van der Waals surface area contributed by atoms with Crippen molar-refractivity contribution < 1.29 is 14.7 Å². The molecule has 2 amide bonds. The minimum atomic E-state index is -0.126. The molecule has 0 saturated carbocycles. The third-order valence-corrected chi connectivity index (χ3v) is 6.60. The first kappa shape index (κ1) is 18.2. The summed E-state index contributed by atoms with van der Waals surface area (Å²) in [6.07, 6.45) is 8.59. The first-order valence-electron chi connectivity index (χ1n) is 10.0. The molecular weight excluding hydrogens is 340 g/mol. The maximum Gasteiger partial charge on any atom is 0.254 e. The average Bonchev–Trinajstić information content (AvgIpc) is 3.37. The monoisotopic (exact) mass is 368 g/mol. The number of allylic oxidation sites excluding steroid dienone is 2. The van der Waals surface area contributed by atoms with Gasteiger partial charge >= 0.3 is 0 Å². The van der Waals surface area contributed by atoms with Gasteiger partial charge in [0.15, 0.2) is 0 Å². The van der Waals surface area contributed by atoms with Crippen LogP contribution in [0.2, 0.25) is 0 Å². The molecule has 5 heteroatoms. The number of rotatable bonds is 3. The molecule has 1 aromatic rings. The second-order valence-corrected chi connectivity index (χ2v) is 8.30. The van der Waals surface area contributed by atoms with Gasteiger partial charge in [-0.05, 0) is 49.7 Å². The van der Waals surface area contributed by atoms with E-state index in [0.29, 0.717) is 12.1 Å². The fraction of sp³-hybridized carbons (Fsp3) is 0.545. The maximum absolute atomic E-state index is 12.9. The third-order valence-electron chi connectivity index (χ3n) is 6.60. The van der Waals surface area contributed by atoms with Crippen LogP contribution in [0.15, 0.2) is 42.5 Å². The topological polar surface area (TPSA) is 60.9 Å². The molecule has 3 aliphatic rings. The van der Waals surface area contributed by atoms with Crippen molar-refractivity contribution >= 4 is 11.8 Å². The number of hydrogen-bond acceptors (Lipinski definition) is 3. The summed E-state index contributed by atoms with van der Waals surface area (Å²) in [6.45, 7) is 2.21. The number of aliphatic hydroxyl groups excluding tert-OH is 1. The highest BCUT2D eigenvalue weighted by Gasteiger charge is 2.47. The van der Waals surface area contributed by atoms with Crippen LogP contribution in [0.1, 0.15) is 42.5 Å². The molecule has 1 aliphatic carbocycles. The summed E-state index contributed by atoms with van der Waals surface area (Å²) in [5.41, 5.74) is 0.706. The first-order valence-corrected chi connectivity index (χ1v) is 10.0. The number of benzene rings is 1. The van der Waals surface area contributed by atoms with Gasteiger partial charge in [-0.15, -0.1) is 0 Å². The summed E-state index contributed by atoms with van der Waals surface area (Å²) in [4.78, 5) is 29.5. The van der Waals surface area contributed by atoms with Crippen LogP contribution in [0, 0.1) is 11.3 Å². The molecule has 5 nitrogen and oxygen atoms in total. The third kappa shape index (κ3) is 3.53. The second kappa shape index (κ2) is 7.47. The van der Waals surface area contributed by atoms with E-state index in [0.717, 1.165) is 45.2 Å². The largest absolute Gasteiger partial charge is 0.394 e. The van der Waals surface area contributed by atoms with Crippen molar-refractivity contribution in [3.63, 3.8) is 0 Å². The average molecular weight is 368 g/mol. The summed E-state index contributed by atoms with van der Waals surface area (Å²) >= 11 is 0. The van der Waals surface area contributed by atoms with E-state index in [-0.39, 0.29) is 35.8 Å². The molecule has 1 atom stereocenters. The fourth-order valence-corrected chi connectivity index (χ4v) is 4.95. The lowest BCUT2D eigenvalue weighted by Crippen LogP contribution is -2.46. The molecule has 1 N–H and O–H groups in total. The Morgan fingerprint density at radius 2 is 1.74 bits per heavy atom. The first-order chi connectivity index (χ1) is 13.1. The number of nitrogens with zero attached hydrogens (tertiary/aromatic N) is 2. The minimum Gasteiger partial charge on any atom is -0.394 e.